The quantitative estimate of drug-likeness (QED) is 0.825. The van der Waals surface area contributed by atoms with Crippen LogP contribution in [0.5, 0.6) is 5.75 Å². The predicted molar refractivity (Wildman–Crippen MR) is 104 cm³/mol. The molecule has 1 aromatic carbocycles. The first-order chi connectivity index (χ1) is 13.6. The minimum absolute atomic E-state index is 0.0518. The number of carbonyl (C=O) groups excluding carboxylic acids is 2. The largest absolute Gasteiger partial charge is 0.507 e. The number of hydrazone groups is 1. The van der Waals surface area contributed by atoms with Gasteiger partial charge in [0, 0.05) is 30.1 Å². The Morgan fingerprint density at radius 1 is 1.07 bits per heavy atom. The van der Waals surface area contributed by atoms with Crippen molar-refractivity contribution in [2.45, 2.75) is 19.3 Å². The van der Waals surface area contributed by atoms with Crippen molar-refractivity contribution in [3.63, 3.8) is 0 Å². The number of benzene rings is 1. The number of imide groups is 1. The second kappa shape index (κ2) is 7.90. The number of pyridine rings is 1. The smallest absolute Gasteiger partial charge is 0.281 e. The fraction of sp³-hybridized carbons (Fsp3) is 0.333. The van der Waals surface area contributed by atoms with Crippen LogP contribution in [0.25, 0.3) is 0 Å². The van der Waals surface area contributed by atoms with Crippen LogP contribution in [0.1, 0.15) is 35.2 Å². The van der Waals surface area contributed by atoms with E-state index in [0.717, 1.165) is 30.9 Å². The molecule has 0 saturated carbocycles. The zero-order chi connectivity index (χ0) is 19.5. The van der Waals surface area contributed by atoms with Crippen LogP contribution in [-0.4, -0.2) is 57.2 Å². The molecule has 2 aromatic rings. The molecule has 4 rings (SSSR count). The van der Waals surface area contributed by atoms with Gasteiger partial charge in [-0.05, 0) is 50.2 Å². The number of aromatic nitrogens is 1. The average molecular weight is 378 g/mol. The summed E-state index contributed by atoms with van der Waals surface area (Å²) in [4.78, 5) is 32.2. The maximum Gasteiger partial charge on any atom is 0.281 e. The third-order valence-electron chi connectivity index (χ3n) is 5.23. The zero-order valence-electron chi connectivity index (χ0n) is 15.5. The normalized spacial score (nSPS) is 20.3. The van der Waals surface area contributed by atoms with E-state index in [1.807, 2.05) is 0 Å². The number of phenols is 1. The molecule has 1 fully saturated rings. The molecular weight excluding hydrogens is 356 g/mol. The second-order valence-corrected chi connectivity index (χ2v) is 7.11. The van der Waals surface area contributed by atoms with Crippen LogP contribution in [0.15, 0.2) is 53.9 Å². The Kier molecular flexibility index (Phi) is 5.16. The summed E-state index contributed by atoms with van der Waals surface area (Å²) in [5.74, 6) is -1.37. The number of phenolic OH excluding ortho intramolecular Hbond substituents is 1. The molecule has 2 aliphatic rings. The third kappa shape index (κ3) is 3.53. The molecule has 7 nitrogen and oxygen atoms in total. The van der Waals surface area contributed by atoms with E-state index in [1.165, 1.54) is 18.8 Å². The molecule has 1 N–H and O–H groups in total. The first kappa shape index (κ1) is 18.3. The number of carbonyl (C=O) groups is 2. The lowest BCUT2D eigenvalue weighted by molar-refractivity contribution is -0.129. The Balaban J connectivity index is 1.68. The molecule has 3 heterocycles. The Labute approximate surface area is 163 Å². The Bertz CT molecular complexity index is 907. The highest BCUT2D eigenvalue weighted by Crippen LogP contribution is 2.29. The molecule has 0 aliphatic carbocycles. The highest BCUT2D eigenvalue weighted by molar-refractivity contribution is 6.22. The van der Waals surface area contributed by atoms with Gasteiger partial charge < -0.3 is 10.0 Å². The van der Waals surface area contributed by atoms with Crippen molar-refractivity contribution in [3.8, 4) is 5.75 Å². The van der Waals surface area contributed by atoms with E-state index >= 15 is 0 Å². The molecule has 1 atom stereocenters. The minimum atomic E-state index is -0.586. The fourth-order valence-electron chi connectivity index (χ4n) is 3.75. The molecule has 0 spiro atoms. The van der Waals surface area contributed by atoms with Crippen LogP contribution in [0.4, 0.5) is 0 Å². The van der Waals surface area contributed by atoms with Crippen LogP contribution < -0.4 is 0 Å². The molecule has 144 valence electrons. The molecule has 0 radical (unpaired) electrons. The number of nitrogens with zero attached hydrogens (tertiary/aromatic N) is 4. The lowest BCUT2D eigenvalue weighted by atomic mass is 9.94. The van der Waals surface area contributed by atoms with Crippen molar-refractivity contribution in [2.75, 3.05) is 19.6 Å². The van der Waals surface area contributed by atoms with Crippen molar-refractivity contribution in [1.29, 1.82) is 0 Å². The lowest BCUT2D eigenvalue weighted by Gasteiger charge is -2.28. The summed E-state index contributed by atoms with van der Waals surface area (Å²) < 4.78 is 0. The van der Waals surface area contributed by atoms with Gasteiger partial charge in [-0.25, -0.2) is 0 Å². The van der Waals surface area contributed by atoms with E-state index in [9.17, 15) is 14.7 Å². The highest BCUT2D eigenvalue weighted by Gasteiger charge is 2.41. The summed E-state index contributed by atoms with van der Waals surface area (Å²) in [7, 11) is 0. The third-order valence-corrected chi connectivity index (χ3v) is 5.23. The van der Waals surface area contributed by atoms with Gasteiger partial charge in [0.15, 0.2) is 0 Å². The zero-order valence-corrected chi connectivity index (χ0v) is 15.5. The van der Waals surface area contributed by atoms with Crippen molar-refractivity contribution in [2.24, 2.45) is 11.0 Å². The van der Waals surface area contributed by atoms with Crippen LogP contribution in [0, 0.1) is 5.92 Å². The SMILES string of the molecule is O=C(c1ccncc1)N1N=C(c2ccccc2O)[C@H](CN2CCCCC2)C1=O. The molecular formula is C21H22N4O3. The van der Waals surface area contributed by atoms with Crippen molar-refractivity contribution >= 4 is 17.5 Å². The maximum atomic E-state index is 13.2. The van der Waals surface area contributed by atoms with Crippen molar-refractivity contribution in [3.05, 3.63) is 59.9 Å². The van der Waals surface area contributed by atoms with Gasteiger partial charge in [-0.1, -0.05) is 18.6 Å². The minimum Gasteiger partial charge on any atom is -0.507 e. The summed E-state index contributed by atoms with van der Waals surface area (Å²) in [6, 6.07) is 9.91. The Hall–Kier alpha value is -3.06. The van der Waals surface area contributed by atoms with Crippen LogP contribution in [0.3, 0.4) is 0 Å². The molecule has 1 aromatic heterocycles. The van der Waals surface area contributed by atoms with Crippen LogP contribution in [-0.2, 0) is 4.79 Å². The average Bonchev–Trinajstić information content (AvgIpc) is 3.05. The van der Waals surface area contributed by atoms with E-state index in [1.54, 1.807) is 36.4 Å². The van der Waals surface area contributed by atoms with E-state index in [-0.39, 0.29) is 11.7 Å². The van der Waals surface area contributed by atoms with Gasteiger partial charge in [0.1, 0.15) is 5.75 Å². The maximum absolute atomic E-state index is 13.2. The predicted octanol–water partition coefficient (Wildman–Crippen LogP) is 2.28. The van der Waals surface area contributed by atoms with Crippen molar-refractivity contribution in [1.82, 2.24) is 14.9 Å². The summed E-state index contributed by atoms with van der Waals surface area (Å²) in [5, 5.41) is 15.6. The summed E-state index contributed by atoms with van der Waals surface area (Å²) in [5.41, 5.74) is 1.28. The van der Waals surface area contributed by atoms with Gasteiger partial charge in [-0.2, -0.15) is 10.1 Å². The number of hydrogen-bond acceptors (Lipinski definition) is 6. The topological polar surface area (TPSA) is 86.1 Å². The molecule has 28 heavy (non-hydrogen) atoms. The van der Waals surface area contributed by atoms with E-state index < -0.39 is 11.8 Å². The van der Waals surface area contributed by atoms with Crippen LogP contribution in [0.2, 0.25) is 0 Å². The molecule has 7 heteroatoms. The number of rotatable bonds is 4. The van der Waals surface area contributed by atoms with Gasteiger partial charge in [-0.3, -0.25) is 14.6 Å². The fourth-order valence-corrected chi connectivity index (χ4v) is 3.75. The molecule has 0 unspecified atom stereocenters. The summed E-state index contributed by atoms with van der Waals surface area (Å²) in [6.45, 7) is 2.35. The van der Waals surface area contributed by atoms with E-state index in [2.05, 4.69) is 15.0 Å². The first-order valence-corrected chi connectivity index (χ1v) is 9.52. The van der Waals surface area contributed by atoms with E-state index in [4.69, 9.17) is 0 Å². The number of aromatic hydroxyl groups is 1. The van der Waals surface area contributed by atoms with E-state index in [0.29, 0.717) is 23.4 Å². The van der Waals surface area contributed by atoms with Gasteiger partial charge >= 0.3 is 0 Å². The number of amides is 2. The van der Waals surface area contributed by atoms with Gasteiger partial charge in [-0.15, -0.1) is 0 Å². The number of piperidine rings is 1. The van der Waals surface area contributed by atoms with Gasteiger partial charge in [0.2, 0.25) is 0 Å². The monoisotopic (exact) mass is 378 g/mol. The standard InChI is InChI=1S/C21H22N4O3/c26-18-7-3-2-6-16(18)19-17(14-24-12-4-1-5-13-24)21(28)25(23-19)20(27)15-8-10-22-11-9-15/h2-3,6-11,17,26H,1,4-5,12-14H2/t17-/m0/s1. The second-order valence-electron chi connectivity index (χ2n) is 7.11. The molecule has 2 aliphatic heterocycles. The first-order valence-electron chi connectivity index (χ1n) is 9.52. The summed E-state index contributed by atoms with van der Waals surface area (Å²) in [6.07, 6.45) is 6.41. The molecule has 1 saturated heterocycles. The molecule has 2 amide bonds. The molecule has 0 bridgehead atoms. The highest BCUT2D eigenvalue weighted by atomic mass is 16.3. The van der Waals surface area contributed by atoms with Crippen LogP contribution >= 0.6 is 0 Å². The lowest BCUT2D eigenvalue weighted by Crippen LogP contribution is -2.41. The Morgan fingerprint density at radius 2 is 1.79 bits per heavy atom. The number of likely N-dealkylation sites (tertiary alicyclic amines) is 1. The summed E-state index contributed by atoms with van der Waals surface area (Å²) >= 11 is 0. The Morgan fingerprint density at radius 3 is 2.50 bits per heavy atom. The number of hydrogen-bond donors (Lipinski definition) is 1. The van der Waals surface area contributed by atoms with Crippen molar-refractivity contribution < 1.29 is 14.7 Å². The van der Waals surface area contributed by atoms with Gasteiger partial charge in [0.25, 0.3) is 11.8 Å². The van der Waals surface area contributed by atoms with Gasteiger partial charge in [0.05, 0.1) is 11.6 Å². The number of para-hydroxylation sites is 1.